The van der Waals surface area contributed by atoms with Gasteiger partial charge < -0.3 is 16.0 Å². The quantitative estimate of drug-likeness (QED) is 0.259. The molecule has 0 saturated carbocycles. The zero-order valence-electron chi connectivity index (χ0n) is 14.2. The average molecular weight is 453 g/mol. The zero-order valence-corrected chi connectivity index (χ0v) is 16.6. The molecule has 1 aromatic carbocycles. The predicted molar refractivity (Wildman–Crippen MR) is 111 cm³/mol. The van der Waals surface area contributed by atoms with Gasteiger partial charge in [0.15, 0.2) is 5.96 Å². The maximum atomic E-state index is 11.9. The summed E-state index contributed by atoms with van der Waals surface area (Å²) in [5, 5.41) is 9.26. The van der Waals surface area contributed by atoms with Crippen molar-refractivity contribution in [3.63, 3.8) is 0 Å². The van der Waals surface area contributed by atoms with Crippen molar-refractivity contribution in [2.24, 2.45) is 4.99 Å². The second kappa shape index (κ2) is 12.2. The van der Waals surface area contributed by atoms with E-state index in [2.05, 4.69) is 25.9 Å². The van der Waals surface area contributed by atoms with Crippen molar-refractivity contribution in [2.75, 3.05) is 26.7 Å². The Morgan fingerprint density at radius 1 is 0.960 bits per heavy atom. The van der Waals surface area contributed by atoms with Crippen LogP contribution in [0.4, 0.5) is 0 Å². The maximum absolute atomic E-state index is 11.9. The Labute approximate surface area is 165 Å². The fraction of sp³-hybridized carbons (Fsp3) is 0.278. The number of rotatable bonds is 7. The smallest absolute Gasteiger partial charge is 0.251 e. The topological polar surface area (TPSA) is 78.4 Å². The number of guanidine groups is 1. The summed E-state index contributed by atoms with van der Waals surface area (Å²) in [6.45, 7) is 1.86. The molecule has 6 nitrogen and oxygen atoms in total. The van der Waals surface area contributed by atoms with Crippen LogP contribution in [0.3, 0.4) is 0 Å². The number of amides is 1. The third-order valence-corrected chi connectivity index (χ3v) is 3.36. The summed E-state index contributed by atoms with van der Waals surface area (Å²) < 4.78 is 0. The highest BCUT2D eigenvalue weighted by molar-refractivity contribution is 14.0. The predicted octanol–water partition coefficient (Wildman–Crippen LogP) is 1.84. The molecule has 0 unspecified atom stereocenters. The summed E-state index contributed by atoms with van der Waals surface area (Å²) in [4.78, 5) is 20.3. The van der Waals surface area contributed by atoms with Crippen molar-refractivity contribution in [3.05, 3.63) is 66.0 Å². The van der Waals surface area contributed by atoms with Crippen LogP contribution in [-0.4, -0.2) is 43.5 Å². The van der Waals surface area contributed by atoms with E-state index in [0.29, 0.717) is 24.6 Å². The van der Waals surface area contributed by atoms with Crippen molar-refractivity contribution in [1.29, 1.82) is 0 Å². The van der Waals surface area contributed by atoms with Gasteiger partial charge in [0.1, 0.15) is 0 Å². The summed E-state index contributed by atoms with van der Waals surface area (Å²) in [6.07, 6.45) is 2.62. The lowest BCUT2D eigenvalue weighted by Gasteiger charge is -2.12. The second-order valence-corrected chi connectivity index (χ2v) is 5.12. The Morgan fingerprint density at radius 2 is 1.64 bits per heavy atom. The second-order valence-electron chi connectivity index (χ2n) is 5.12. The van der Waals surface area contributed by atoms with Crippen LogP contribution in [0.5, 0.6) is 0 Å². The van der Waals surface area contributed by atoms with Crippen molar-refractivity contribution in [1.82, 2.24) is 20.9 Å². The molecule has 0 atom stereocenters. The third kappa shape index (κ3) is 7.97. The number of pyridine rings is 1. The van der Waals surface area contributed by atoms with Gasteiger partial charge in [0.25, 0.3) is 5.91 Å². The summed E-state index contributed by atoms with van der Waals surface area (Å²) in [5.41, 5.74) is 1.70. The zero-order chi connectivity index (χ0) is 17.0. The van der Waals surface area contributed by atoms with Crippen LogP contribution in [0, 0.1) is 0 Å². The molecule has 2 rings (SSSR count). The third-order valence-electron chi connectivity index (χ3n) is 3.36. The lowest BCUT2D eigenvalue weighted by Crippen LogP contribution is -2.42. The van der Waals surface area contributed by atoms with Gasteiger partial charge in [-0.25, -0.2) is 0 Å². The molecule has 7 heteroatoms. The van der Waals surface area contributed by atoms with Gasteiger partial charge in [0, 0.05) is 50.6 Å². The lowest BCUT2D eigenvalue weighted by atomic mass is 10.2. The first-order chi connectivity index (χ1) is 11.8. The fourth-order valence-electron chi connectivity index (χ4n) is 2.12. The largest absolute Gasteiger partial charge is 0.356 e. The highest BCUT2D eigenvalue weighted by atomic mass is 127. The molecule has 0 spiro atoms. The molecule has 0 aliphatic heterocycles. The number of nitrogens with zero attached hydrogens (tertiary/aromatic N) is 2. The van der Waals surface area contributed by atoms with Gasteiger partial charge in [0.05, 0.1) is 0 Å². The number of carbonyl (C=O) groups excluding carboxylic acids is 1. The van der Waals surface area contributed by atoms with Crippen LogP contribution in [0.2, 0.25) is 0 Å². The van der Waals surface area contributed by atoms with Crippen molar-refractivity contribution < 1.29 is 4.79 Å². The summed E-state index contributed by atoms with van der Waals surface area (Å²) in [5.74, 6) is 0.635. The number of carbonyl (C=O) groups is 1. The molecule has 0 fully saturated rings. The number of nitrogens with one attached hydrogen (secondary N) is 3. The van der Waals surface area contributed by atoms with Gasteiger partial charge in [-0.2, -0.15) is 0 Å². The molecule has 1 heterocycles. The van der Waals surface area contributed by atoms with Gasteiger partial charge in [-0.15, -0.1) is 24.0 Å². The van der Waals surface area contributed by atoms with Gasteiger partial charge in [-0.1, -0.05) is 24.3 Å². The Morgan fingerprint density at radius 3 is 2.32 bits per heavy atom. The molecular weight excluding hydrogens is 429 g/mol. The van der Waals surface area contributed by atoms with Crippen LogP contribution in [-0.2, 0) is 6.42 Å². The highest BCUT2D eigenvalue weighted by Gasteiger charge is 2.03. The lowest BCUT2D eigenvalue weighted by molar-refractivity contribution is 0.0954. The molecule has 2 aromatic rings. The summed E-state index contributed by atoms with van der Waals surface area (Å²) in [6, 6.07) is 15.0. The number of aromatic nitrogens is 1. The van der Waals surface area contributed by atoms with Gasteiger partial charge >= 0.3 is 0 Å². The average Bonchev–Trinajstić information content (AvgIpc) is 2.65. The number of halogens is 1. The van der Waals surface area contributed by atoms with E-state index in [9.17, 15) is 4.79 Å². The van der Waals surface area contributed by atoms with Crippen molar-refractivity contribution in [2.45, 2.75) is 6.42 Å². The van der Waals surface area contributed by atoms with Crippen LogP contribution in [0.15, 0.2) is 59.7 Å². The van der Waals surface area contributed by atoms with E-state index in [4.69, 9.17) is 0 Å². The van der Waals surface area contributed by atoms with Gasteiger partial charge in [0.2, 0.25) is 0 Å². The standard InChI is InChI=1S/C18H23N5O.HI/c1-19-18(22-12-10-16-9-5-6-11-20-16)23-14-13-21-17(24)15-7-3-2-4-8-15;/h2-9,11H,10,12-14H2,1H3,(H,21,24)(H2,19,22,23);1H. The van der Waals surface area contributed by atoms with E-state index in [-0.39, 0.29) is 29.9 Å². The van der Waals surface area contributed by atoms with Crippen LogP contribution in [0.1, 0.15) is 16.1 Å². The van der Waals surface area contributed by atoms with E-state index >= 15 is 0 Å². The molecule has 0 bridgehead atoms. The van der Waals surface area contributed by atoms with E-state index < -0.39 is 0 Å². The summed E-state index contributed by atoms with van der Waals surface area (Å²) in [7, 11) is 1.72. The molecular formula is C18H24IN5O. The van der Waals surface area contributed by atoms with E-state index in [1.807, 2.05) is 36.4 Å². The summed E-state index contributed by atoms with van der Waals surface area (Å²) >= 11 is 0. The first-order valence-corrected chi connectivity index (χ1v) is 7.97. The Hall–Kier alpha value is -2.16. The molecule has 134 valence electrons. The normalized spacial score (nSPS) is 10.5. The van der Waals surface area contributed by atoms with E-state index in [0.717, 1.165) is 18.7 Å². The minimum atomic E-state index is -0.0736. The minimum absolute atomic E-state index is 0. The van der Waals surface area contributed by atoms with E-state index in [1.165, 1.54) is 0 Å². The molecule has 25 heavy (non-hydrogen) atoms. The number of benzene rings is 1. The maximum Gasteiger partial charge on any atom is 0.251 e. The SMILES string of the molecule is CN=C(NCCNC(=O)c1ccccc1)NCCc1ccccn1.I. The molecule has 1 aromatic heterocycles. The van der Waals surface area contributed by atoms with Gasteiger partial charge in [-0.05, 0) is 24.3 Å². The highest BCUT2D eigenvalue weighted by Crippen LogP contribution is 1.97. The molecule has 0 aliphatic rings. The minimum Gasteiger partial charge on any atom is -0.356 e. The monoisotopic (exact) mass is 453 g/mol. The number of hydrogen-bond donors (Lipinski definition) is 3. The van der Waals surface area contributed by atoms with E-state index in [1.54, 1.807) is 25.4 Å². The van der Waals surface area contributed by atoms with Crippen molar-refractivity contribution >= 4 is 35.8 Å². The Kier molecular flexibility index (Phi) is 10.2. The first kappa shape index (κ1) is 20.9. The molecule has 0 radical (unpaired) electrons. The van der Waals surface area contributed by atoms with Crippen LogP contribution >= 0.6 is 24.0 Å². The number of hydrogen-bond acceptors (Lipinski definition) is 3. The van der Waals surface area contributed by atoms with Crippen molar-refractivity contribution in [3.8, 4) is 0 Å². The van der Waals surface area contributed by atoms with Gasteiger partial charge in [-0.3, -0.25) is 14.8 Å². The Balaban J connectivity index is 0.00000312. The number of aliphatic imine (C=N–C) groups is 1. The molecule has 0 saturated heterocycles. The Bertz CT molecular complexity index is 649. The molecule has 3 N–H and O–H groups in total. The molecule has 0 aliphatic carbocycles. The van der Waals surface area contributed by atoms with Crippen LogP contribution in [0.25, 0.3) is 0 Å². The first-order valence-electron chi connectivity index (χ1n) is 7.97. The molecule has 1 amide bonds. The van der Waals surface area contributed by atoms with Crippen LogP contribution < -0.4 is 16.0 Å². The fourth-order valence-corrected chi connectivity index (χ4v) is 2.12.